The molecule has 1 aliphatic rings. The zero-order valence-corrected chi connectivity index (χ0v) is 6.14. The molecule has 1 nitrogen and oxygen atoms in total. The molecule has 0 amide bonds. The fourth-order valence-electron chi connectivity index (χ4n) is 0.837. The summed E-state index contributed by atoms with van der Waals surface area (Å²) in [6.07, 6.45) is 4.67. The molecule has 2 heteroatoms. The summed E-state index contributed by atoms with van der Waals surface area (Å²) in [5.74, 6) is 0. The Kier molecular flexibility index (Phi) is 1.88. The van der Waals surface area contributed by atoms with Gasteiger partial charge in [0.1, 0.15) is 0 Å². The first kappa shape index (κ1) is 6.77. The molecule has 0 aromatic carbocycles. The summed E-state index contributed by atoms with van der Waals surface area (Å²) in [4.78, 5) is 10.6. The van der Waals surface area contributed by atoms with E-state index >= 15 is 0 Å². The van der Waals surface area contributed by atoms with Gasteiger partial charge in [0.15, 0.2) is 0 Å². The molecule has 0 saturated carbocycles. The summed E-state index contributed by atoms with van der Waals surface area (Å²) in [5.41, 5.74) is 1.88. The third-order valence-corrected chi connectivity index (χ3v) is 1.70. The van der Waals surface area contributed by atoms with E-state index in [2.05, 4.69) is 15.7 Å². The maximum Gasteiger partial charge on any atom is -1.00 e. The van der Waals surface area contributed by atoms with Gasteiger partial charge in [-0.15, -0.1) is 0 Å². The molecular weight excluding hydrogens is 159 g/mol. The maximum absolute atomic E-state index is 10.6. The van der Waals surface area contributed by atoms with Gasteiger partial charge in [0.25, 0.3) is 0 Å². The zero-order chi connectivity index (χ0) is 6.85. The van der Waals surface area contributed by atoms with Crippen molar-refractivity contribution in [2.24, 2.45) is 0 Å². The van der Waals surface area contributed by atoms with Crippen LogP contribution in [0.15, 0.2) is 23.3 Å². The van der Waals surface area contributed by atoms with Gasteiger partial charge in [0, 0.05) is 0 Å². The maximum atomic E-state index is 10.6. The summed E-state index contributed by atoms with van der Waals surface area (Å²) >= 11 is 3.76. The minimum atomic E-state index is -0.106. The van der Waals surface area contributed by atoms with Crippen LogP contribution < -0.4 is 0 Å². The van der Waals surface area contributed by atoms with Crippen LogP contribution in [0.1, 0.15) is 16.2 Å². The van der Waals surface area contributed by atoms with Crippen LogP contribution in [0.4, 0.5) is 0 Å². The topological polar surface area (TPSA) is 17.1 Å². The summed E-state index contributed by atoms with van der Waals surface area (Å²) in [7, 11) is 0. The number of hydrogen-bond donors (Lipinski definition) is 0. The van der Waals surface area contributed by atoms with Crippen molar-refractivity contribution in [3.05, 3.63) is 23.3 Å². The van der Waals surface area contributed by atoms with Crippen LogP contribution in [0.5, 0.6) is 0 Å². The Hall–Kier alpha value is -0.344. The van der Waals surface area contributed by atoms with Gasteiger partial charge in [0.05, 0.1) is 0 Å². The minimum Gasteiger partial charge on any atom is -1.00 e. The van der Waals surface area contributed by atoms with Gasteiger partial charge in [-0.1, -0.05) is 0 Å². The fourth-order valence-corrected chi connectivity index (χ4v) is 1.15. The van der Waals surface area contributed by atoms with Crippen molar-refractivity contribution in [3.63, 3.8) is 0 Å². The molecule has 0 aliphatic heterocycles. The second-order valence-corrected chi connectivity index (χ2v) is 2.49. The Balaban J connectivity index is 0. The van der Waals surface area contributed by atoms with E-state index in [1.54, 1.807) is 0 Å². The second kappa shape index (κ2) is 2.50. The average Bonchev–Trinajstić information content (AvgIpc) is 2.13. The molecule has 0 fully saturated rings. The van der Waals surface area contributed by atoms with E-state index in [1.165, 1.54) is 0 Å². The van der Waals surface area contributed by atoms with E-state index in [1.807, 2.05) is 19.1 Å². The van der Waals surface area contributed by atoms with Crippen LogP contribution in [0.2, 0.25) is 0 Å². The molecule has 0 spiro atoms. The van der Waals surface area contributed by atoms with Crippen molar-refractivity contribution in [2.75, 3.05) is 0 Å². The van der Waals surface area contributed by atoms with Gasteiger partial charge in [-0.2, -0.15) is 0 Å². The van der Waals surface area contributed by atoms with E-state index in [-0.39, 0.29) is 7.57 Å². The van der Waals surface area contributed by atoms with Crippen LogP contribution in [0.25, 0.3) is 0 Å². The van der Waals surface area contributed by atoms with Crippen molar-refractivity contribution in [1.29, 1.82) is 0 Å². The molecule has 1 aliphatic carbocycles. The van der Waals surface area contributed by atoms with E-state index in [9.17, 15) is 4.79 Å². The first-order valence-corrected chi connectivity index (χ1v) is 3.28. The van der Waals surface area contributed by atoms with E-state index in [0.717, 1.165) is 17.6 Å². The SMILES string of the molecule is CC1=C([C](=O)[Co])CC=C1.[H-].[H-]. The predicted octanol–water partition coefficient (Wildman–Crippen LogP) is 1.56. The third-order valence-electron chi connectivity index (χ3n) is 1.39. The molecule has 0 aromatic rings. The Labute approximate surface area is 65.4 Å². The first-order valence-electron chi connectivity index (χ1n) is 2.75. The molecule has 0 saturated heterocycles. The summed E-state index contributed by atoms with van der Waals surface area (Å²) in [6, 6.07) is 0. The molecule has 0 bridgehead atoms. The van der Waals surface area contributed by atoms with Gasteiger partial charge < -0.3 is 2.85 Å². The van der Waals surface area contributed by atoms with Crippen molar-refractivity contribution < 1.29 is 23.4 Å². The largest absolute Gasteiger partial charge is 1.00 e. The van der Waals surface area contributed by atoms with Crippen LogP contribution in [0, 0.1) is 0 Å². The van der Waals surface area contributed by atoms with Gasteiger partial charge in [-0.05, 0) is 0 Å². The zero-order valence-electron chi connectivity index (χ0n) is 7.10. The van der Waals surface area contributed by atoms with E-state index < -0.39 is 0 Å². The van der Waals surface area contributed by atoms with Crippen molar-refractivity contribution in [3.8, 4) is 0 Å². The predicted molar refractivity (Wildman–Crippen MR) is 33.7 cm³/mol. The number of carbonyl (C=O) groups is 1. The van der Waals surface area contributed by atoms with Crippen molar-refractivity contribution in [2.45, 2.75) is 13.3 Å². The summed E-state index contributed by atoms with van der Waals surface area (Å²) in [6.45, 7) is 1.92. The van der Waals surface area contributed by atoms with Gasteiger partial charge in [0.2, 0.25) is 0 Å². The Morgan fingerprint density at radius 2 is 2.56 bits per heavy atom. The molecule has 0 heterocycles. The van der Waals surface area contributed by atoms with Crippen molar-refractivity contribution >= 4 is 4.72 Å². The van der Waals surface area contributed by atoms with Gasteiger partial charge in [-0.25, -0.2) is 0 Å². The molecule has 0 aromatic heterocycles. The molecule has 9 heavy (non-hydrogen) atoms. The van der Waals surface area contributed by atoms with Gasteiger partial charge >= 0.3 is 61.9 Å². The van der Waals surface area contributed by atoms with E-state index in [4.69, 9.17) is 0 Å². The first-order chi connectivity index (χ1) is 4.22. The third kappa shape index (κ3) is 1.31. The van der Waals surface area contributed by atoms with Gasteiger partial charge in [-0.3, -0.25) is 0 Å². The Bertz CT molecular complexity index is 208. The molecule has 54 valence electrons. The van der Waals surface area contributed by atoms with Crippen LogP contribution >= 0.6 is 0 Å². The molecular formula is C7H9CoO-2. The Morgan fingerprint density at radius 1 is 1.89 bits per heavy atom. The second-order valence-electron chi connectivity index (χ2n) is 2.02. The standard InChI is InChI=1S/C7H7O.Co.2H/c1-6-3-2-4-7(6)5-8;;;/h2-3H,4H2,1H3;;;/q;;2*-1. The van der Waals surface area contributed by atoms with Crippen LogP contribution in [-0.4, -0.2) is 4.72 Å². The molecule has 0 N–H and O–H groups in total. The minimum absolute atomic E-state index is 0. The smallest absolute Gasteiger partial charge is 1.00 e. The number of allylic oxidation sites excluding steroid dienone is 4. The summed E-state index contributed by atoms with van der Waals surface area (Å²) in [5, 5.41) is 0. The molecule has 0 atom stereocenters. The average molecular weight is 168 g/mol. The molecule has 0 radical (unpaired) electrons. The monoisotopic (exact) mass is 168 g/mol. The quantitative estimate of drug-likeness (QED) is 0.580. The van der Waals surface area contributed by atoms with Crippen LogP contribution in [0.3, 0.4) is 0 Å². The fraction of sp³-hybridized carbons (Fsp3) is 0.286. The number of carbonyl (C=O) groups excluding carboxylic acids is 1. The van der Waals surface area contributed by atoms with E-state index in [0.29, 0.717) is 0 Å². The normalized spacial score (nSPS) is 17.2. The Morgan fingerprint density at radius 3 is 2.78 bits per heavy atom. The summed E-state index contributed by atoms with van der Waals surface area (Å²) < 4.78 is -0.106. The number of hydrogen-bond acceptors (Lipinski definition) is 1. The molecule has 1 rings (SSSR count). The van der Waals surface area contributed by atoms with Crippen molar-refractivity contribution in [1.82, 2.24) is 0 Å². The molecule has 0 unspecified atom stereocenters. The van der Waals surface area contributed by atoms with Crippen LogP contribution in [-0.2, 0) is 20.5 Å². The number of rotatable bonds is 1.